The molecule has 0 spiro atoms. The minimum Gasteiger partial charge on any atom is -0.309 e. The Balaban J connectivity index is 1.29. The third-order valence-electron chi connectivity index (χ3n) is 11.7. The van der Waals surface area contributed by atoms with Gasteiger partial charge in [-0.25, -0.2) is 0 Å². The van der Waals surface area contributed by atoms with Gasteiger partial charge in [0.05, 0.1) is 17.1 Å². The van der Waals surface area contributed by atoms with Gasteiger partial charge in [-0.3, -0.25) is 0 Å². The molecule has 0 saturated heterocycles. The molecule has 0 aliphatic heterocycles. The lowest BCUT2D eigenvalue weighted by Gasteiger charge is -2.32. The number of nitrogens with zero attached hydrogens (tertiary/aromatic N) is 1. The van der Waals surface area contributed by atoms with Gasteiger partial charge >= 0.3 is 0 Å². The van der Waals surface area contributed by atoms with E-state index in [1.165, 1.54) is 77.5 Å². The molecule has 266 valence electrons. The van der Waals surface area contributed by atoms with E-state index in [4.69, 9.17) is 0 Å². The highest BCUT2D eigenvalue weighted by atomic mass is 15.1. The largest absolute Gasteiger partial charge is 0.309 e. The number of benzene rings is 9. The SMILES string of the molecule is CC1(C)c2ccccc2-c2c(-c3ccccc3N(c3ccc(-c4ccccc4)cc3-c3ccccc3)c3ccccc3-c3cccc4ccccc34)cccc21. The molecule has 0 saturated carbocycles. The molecule has 9 aromatic carbocycles. The molecule has 0 fully saturated rings. The lowest BCUT2D eigenvalue weighted by atomic mass is 9.82. The second-order valence-electron chi connectivity index (χ2n) is 15.3. The summed E-state index contributed by atoms with van der Waals surface area (Å²) in [6, 6.07) is 77.7. The van der Waals surface area contributed by atoms with E-state index in [1.807, 2.05) is 0 Å². The summed E-state index contributed by atoms with van der Waals surface area (Å²) in [4.78, 5) is 2.52. The normalized spacial score (nSPS) is 12.6. The minimum absolute atomic E-state index is 0.106. The molecule has 0 radical (unpaired) electrons. The molecule has 9 aromatic rings. The van der Waals surface area contributed by atoms with Crippen molar-refractivity contribution in [3.05, 3.63) is 223 Å². The number of fused-ring (bicyclic) bond motifs is 4. The van der Waals surface area contributed by atoms with Gasteiger partial charge in [-0.15, -0.1) is 0 Å². The summed E-state index contributed by atoms with van der Waals surface area (Å²) in [5.74, 6) is 0. The highest BCUT2D eigenvalue weighted by molar-refractivity contribution is 6.05. The third-order valence-corrected chi connectivity index (χ3v) is 11.7. The van der Waals surface area contributed by atoms with Crippen molar-refractivity contribution >= 4 is 27.8 Å². The van der Waals surface area contributed by atoms with E-state index >= 15 is 0 Å². The fraction of sp³-hybridized carbons (Fsp3) is 0.0545. The first-order valence-electron chi connectivity index (χ1n) is 19.5. The highest BCUT2D eigenvalue weighted by Gasteiger charge is 2.37. The van der Waals surface area contributed by atoms with Crippen molar-refractivity contribution in [3.8, 4) is 55.6 Å². The van der Waals surface area contributed by atoms with Crippen molar-refractivity contribution in [1.29, 1.82) is 0 Å². The Hall–Kier alpha value is -6.96. The second kappa shape index (κ2) is 13.7. The zero-order valence-corrected chi connectivity index (χ0v) is 31.7. The van der Waals surface area contributed by atoms with Crippen molar-refractivity contribution in [2.45, 2.75) is 19.3 Å². The van der Waals surface area contributed by atoms with Gasteiger partial charge in [0.2, 0.25) is 0 Å². The lowest BCUT2D eigenvalue weighted by Crippen LogP contribution is -2.15. The van der Waals surface area contributed by atoms with Gasteiger partial charge in [-0.1, -0.05) is 202 Å². The molecule has 1 nitrogen and oxygen atoms in total. The Morgan fingerprint density at radius 1 is 0.321 bits per heavy atom. The van der Waals surface area contributed by atoms with Gasteiger partial charge in [0.25, 0.3) is 0 Å². The first-order chi connectivity index (χ1) is 27.6. The van der Waals surface area contributed by atoms with E-state index in [0.29, 0.717) is 0 Å². The van der Waals surface area contributed by atoms with Crippen LogP contribution >= 0.6 is 0 Å². The van der Waals surface area contributed by atoms with E-state index in [2.05, 4.69) is 231 Å². The first-order valence-corrected chi connectivity index (χ1v) is 19.5. The van der Waals surface area contributed by atoms with Gasteiger partial charge in [-0.2, -0.15) is 0 Å². The molecular weight excluding hydrogens is 675 g/mol. The molecule has 0 bridgehead atoms. The Labute approximate surface area is 329 Å². The molecular formula is C55H41N. The molecule has 0 atom stereocenters. The van der Waals surface area contributed by atoms with Crippen molar-refractivity contribution < 1.29 is 0 Å². The van der Waals surface area contributed by atoms with Crippen molar-refractivity contribution in [2.75, 3.05) is 4.90 Å². The van der Waals surface area contributed by atoms with Crippen LogP contribution in [0.5, 0.6) is 0 Å². The van der Waals surface area contributed by atoms with Gasteiger partial charge in [0, 0.05) is 22.1 Å². The molecule has 0 N–H and O–H groups in total. The summed E-state index contributed by atoms with van der Waals surface area (Å²) in [5.41, 5.74) is 18.2. The number of hydrogen-bond acceptors (Lipinski definition) is 1. The third kappa shape index (κ3) is 5.55. The predicted octanol–water partition coefficient (Wildman–Crippen LogP) is 15.3. The van der Waals surface area contributed by atoms with E-state index in [1.54, 1.807) is 0 Å². The van der Waals surface area contributed by atoms with Crippen LogP contribution in [0.25, 0.3) is 66.4 Å². The summed E-state index contributed by atoms with van der Waals surface area (Å²) < 4.78 is 0. The Kier molecular flexibility index (Phi) is 8.23. The van der Waals surface area contributed by atoms with Crippen molar-refractivity contribution in [3.63, 3.8) is 0 Å². The van der Waals surface area contributed by atoms with Crippen LogP contribution in [0.4, 0.5) is 17.1 Å². The first kappa shape index (κ1) is 33.6. The minimum atomic E-state index is -0.106. The maximum Gasteiger partial charge on any atom is 0.0540 e. The van der Waals surface area contributed by atoms with E-state index in [-0.39, 0.29) is 5.41 Å². The monoisotopic (exact) mass is 715 g/mol. The Morgan fingerprint density at radius 2 is 0.821 bits per heavy atom. The Bertz CT molecular complexity index is 2880. The van der Waals surface area contributed by atoms with Gasteiger partial charge in [0.15, 0.2) is 0 Å². The fourth-order valence-corrected chi connectivity index (χ4v) is 9.01. The van der Waals surface area contributed by atoms with Crippen molar-refractivity contribution in [1.82, 2.24) is 0 Å². The van der Waals surface area contributed by atoms with Crippen LogP contribution in [-0.2, 0) is 5.41 Å². The molecule has 0 unspecified atom stereocenters. The summed E-state index contributed by atoms with van der Waals surface area (Å²) in [5, 5.41) is 2.46. The van der Waals surface area contributed by atoms with Crippen LogP contribution in [0.2, 0.25) is 0 Å². The highest BCUT2D eigenvalue weighted by Crippen LogP contribution is 2.55. The number of rotatable bonds is 7. The van der Waals surface area contributed by atoms with Crippen LogP contribution in [0.1, 0.15) is 25.0 Å². The maximum atomic E-state index is 2.52. The topological polar surface area (TPSA) is 3.24 Å². The molecule has 0 aromatic heterocycles. The molecule has 10 rings (SSSR count). The average molecular weight is 716 g/mol. The molecule has 1 aliphatic rings. The number of anilines is 3. The number of hydrogen-bond donors (Lipinski definition) is 0. The van der Waals surface area contributed by atoms with Crippen LogP contribution < -0.4 is 4.90 Å². The van der Waals surface area contributed by atoms with Gasteiger partial charge in [0.1, 0.15) is 0 Å². The standard InChI is InChI=1S/C55H41N/c1-55(2)49-31-14-11-28-47(49)54-46(30-18-32-50(54)55)45-27-13-16-34-52(45)56(51-33-15-12-26-44(51)43-29-17-24-39-23-9-10-25-42(39)43)53-36-35-41(38-19-5-3-6-20-38)37-48(53)40-21-7-4-8-22-40/h3-37H,1-2H3. The lowest BCUT2D eigenvalue weighted by molar-refractivity contribution is 0.660. The summed E-state index contributed by atoms with van der Waals surface area (Å²) in [7, 11) is 0. The van der Waals surface area contributed by atoms with Crippen LogP contribution in [0.3, 0.4) is 0 Å². The van der Waals surface area contributed by atoms with E-state index in [9.17, 15) is 0 Å². The maximum absolute atomic E-state index is 2.52. The smallest absolute Gasteiger partial charge is 0.0540 e. The summed E-state index contributed by atoms with van der Waals surface area (Å²) in [6.07, 6.45) is 0. The zero-order valence-electron chi connectivity index (χ0n) is 31.7. The van der Waals surface area contributed by atoms with E-state index < -0.39 is 0 Å². The van der Waals surface area contributed by atoms with Gasteiger partial charge in [-0.05, 0) is 85.1 Å². The molecule has 0 amide bonds. The second-order valence-corrected chi connectivity index (χ2v) is 15.3. The fourth-order valence-electron chi connectivity index (χ4n) is 9.01. The van der Waals surface area contributed by atoms with Crippen LogP contribution in [0.15, 0.2) is 212 Å². The summed E-state index contributed by atoms with van der Waals surface area (Å²) in [6.45, 7) is 4.72. The quantitative estimate of drug-likeness (QED) is 0.159. The molecule has 56 heavy (non-hydrogen) atoms. The van der Waals surface area contributed by atoms with E-state index in [0.717, 1.165) is 17.1 Å². The van der Waals surface area contributed by atoms with Crippen molar-refractivity contribution in [2.24, 2.45) is 0 Å². The zero-order chi connectivity index (χ0) is 37.6. The molecule has 1 heteroatoms. The predicted molar refractivity (Wildman–Crippen MR) is 238 cm³/mol. The van der Waals surface area contributed by atoms with Gasteiger partial charge < -0.3 is 4.90 Å². The summed E-state index contributed by atoms with van der Waals surface area (Å²) >= 11 is 0. The van der Waals surface area contributed by atoms with Crippen LogP contribution in [0, 0.1) is 0 Å². The van der Waals surface area contributed by atoms with Crippen LogP contribution in [-0.4, -0.2) is 0 Å². The molecule has 0 heterocycles. The number of para-hydroxylation sites is 2. The molecule has 1 aliphatic carbocycles. The average Bonchev–Trinajstić information content (AvgIpc) is 3.50. The Morgan fingerprint density at radius 3 is 1.57 bits per heavy atom.